The molecule has 1 fully saturated rings. The van der Waals surface area contributed by atoms with Gasteiger partial charge in [-0.2, -0.15) is 5.10 Å². The van der Waals surface area contributed by atoms with Crippen molar-refractivity contribution in [3.05, 3.63) is 75.2 Å². The van der Waals surface area contributed by atoms with Crippen molar-refractivity contribution in [3.63, 3.8) is 0 Å². The van der Waals surface area contributed by atoms with Crippen LogP contribution in [0, 0.1) is 3.57 Å². The fourth-order valence-electron chi connectivity index (χ4n) is 4.08. The van der Waals surface area contributed by atoms with Crippen LogP contribution in [0.3, 0.4) is 0 Å². The molecule has 9 nitrogen and oxygen atoms in total. The second-order valence-electron chi connectivity index (χ2n) is 8.47. The van der Waals surface area contributed by atoms with Crippen molar-refractivity contribution in [2.45, 2.75) is 25.3 Å². The normalized spacial score (nSPS) is 15.6. The highest BCUT2D eigenvalue weighted by atomic mass is 127. The number of amides is 1. The summed E-state index contributed by atoms with van der Waals surface area (Å²) in [5.74, 6) is 1.74. The van der Waals surface area contributed by atoms with E-state index >= 15 is 0 Å². The van der Waals surface area contributed by atoms with Crippen molar-refractivity contribution in [1.29, 1.82) is 0 Å². The van der Waals surface area contributed by atoms with Gasteiger partial charge >= 0.3 is 0 Å². The lowest BCUT2D eigenvalue weighted by Crippen LogP contribution is -2.28. The number of rotatable bonds is 6. The molecule has 2 aromatic heterocycles. The van der Waals surface area contributed by atoms with Gasteiger partial charge in [0.2, 0.25) is 5.82 Å². The molecule has 1 aliphatic rings. The number of piperidine rings is 1. The quantitative estimate of drug-likeness (QED) is 0.257. The topological polar surface area (TPSA) is 134 Å². The fraction of sp³-hybridized carbons (Fsp3) is 0.240. The van der Waals surface area contributed by atoms with E-state index in [1.807, 2.05) is 48.5 Å². The van der Waals surface area contributed by atoms with E-state index in [4.69, 9.17) is 10.7 Å². The van der Waals surface area contributed by atoms with Crippen LogP contribution in [0.2, 0.25) is 0 Å². The van der Waals surface area contributed by atoms with E-state index in [-0.39, 0.29) is 11.7 Å². The number of benzene rings is 2. The first-order valence-electron chi connectivity index (χ1n) is 11.5. The zero-order chi connectivity index (χ0) is 24.2. The number of aromatic nitrogens is 5. The first-order valence-corrected chi connectivity index (χ1v) is 12.5. The molecule has 5 N–H and O–H groups in total. The van der Waals surface area contributed by atoms with Gasteiger partial charge in [0.25, 0.3) is 5.91 Å². The standard InChI is InChI=1S/C25H25IN8O/c26-19-8-6-16(7-9-19)25(35)30-12-15-3-1-4-17(11-15)20-14-29-22(27)21(31-20)24-32-23(33-34-24)18-5-2-10-28-13-18/h1,3-4,6-9,11,14,18,28H,2,5,10,12-13H2,(H2,27,29)(H,30,35)(H,32,33,34)/t18-/m0/s1. The third-order valence-corrected chi connectivity index (χ3v) is 6.70. The number of aromatic amines is 1. The van der Waals surface area contributed by atoms with Crippen molar-refractivity contribution in [3.8, 4) is 22.8 Å². The molecule has 178 valence electrons. The number of carbonyl (C=O) groups is 1. The molecule has 0 saturated carbocycles. The number of halogens is 1. The Kier molecular flexibility index (Phi) is 7.00. The number of nitrogens with two attached hydrogens (primary N) is 1. The summed E-state index contributed by atoms with van der Waals surface area (Å²) in [6.07, 6.45) is 3.82. The van der Waals surface area contributed by atoms with E-state index in [0.29, 0.717) is 35.2 Å². The number of carbonyl (C=O) groups excluding carboxylic acids is 1. The molecule has 2 aromatic carbocycles. The van der Waals surface area contributed by atoms with Crippen molar-refractivity contribution in [2.24, 2.45) is 0 Å². The number of nitrogens with one attached hydrogen (secondary N) is 3. The van der Waals surface area contributed by atoms with Gasteiger partial charge in [-0.3, -0.25) is 9.89 Å². The zero-order valence-corrected chi connectivity index (χ0v) is 21.1. The lowest BCUT2D eigenvalue weighted by Gasteiger charge is -2.20. The second-order valence-corrected chi connectivity index (χ2v) is 9.71. The monoisotopic (exact) mass is 580 g/mol. The van der Waals surface area contributed by atoms with Gasteiger partial charge in [0.1, 0.15) is 5.82 Å². The Balaban J connectivity index is 1.33. The molecule has 1 amide bonds. The molecular formula is C25H25IN8O. The molecule has 1 saturated heterocycles. The van der Waals surface area contributed by atoms with Crippen LogP contribution in [-0.4, -0.2) is 44.1 Å². The predicted octanol–water partition coefficient (Wildman–Crippen LogP) is 3.51. The highest BCUT2D eigenvalue weighted by molar-refractivity contribution is 14.1. The predicted molar refractivity (Wildman–Crippen MR) is 142 cm³/mol. The zero-order valence-electron chi connectivity index (χ0n) is 19.0. The van der Waals surface area contributed by atoms with Gasteiger partial charge in [0.15, 0.2) is 11.5 Å². The van der Waals surface area contributed by atoms with Crippen LogP contribution in [0.15, 0.2) is 54.7 Å². The molecule has 1 aliphatic heterocycles. The van der Waals surface area contributed by atoms with Gasteiger partial charge in [0.05, 0.1) is 11.9 Å². The van der Waals surface area contributed by atoms with Gasteiger partial charge < -0.3 is 16.4 Å². The van der Waals surface area contributed by atoms with Gasteiger partial charge in [-0.1, -0.05) is 18.2 Å². The number of hydrogen-bond acceptors (Lipinski definition) is 7. The SMILES string of the molecule is Nc1ncc(-c2cccc(CNC(=O)c3ccc(I)cc3)c2)nc1-c1n[nH]c([C@H]2CCCNC2)n1. The highest BCUT2D eigenvalue weighted by Crippen LogP contribution is 2.26. The van der Waals surface area contributed by atoms with E-state index in [1.165, 1.54) is 0 Å². The third kappa shape index (κ3) is 5.49. The fourth-order valence-corrected chi connectivity index (χ4v) is 4.44. The summed E-state index contributed by atoms with van der Waals surface area (Å²) in [5, 5.41) is 13.8. The van der Waals surface area contributed by atoms with Gasteiger partial charge in [-0.25, -0.2) is 15.0 Å². The van der Waals surface area contributed by atoms with Crippen molar-refractivity contribution in [1.82, 2.24) is 35.8 Å². The molecule has 0 bridgehead atoms. The number of hydrogen-bond donors (Lipinski definition) is 4. The van der Waals surface area contributed by atoms with E-state index in [9.17, 15) is 4.79 Å². The molecule has 0 radical (unpaired) electrons. The summed E-state index contributed by atoms with van der Waals surface area (Å²) in [7, 11) is 0. The first-order chi connectivity index (χ1) is 17.1. The maximum Gasteiger partial charge on any atom is 0.251 e. The molecule has 3 heterocycles. The Morgan fingerprint density at radius 3 is 2.83 bits per heavy atom. The summed E-state index contributed by atoms with van der Waals surface area (Å²) >= 11 is 2.22. The summed E-state index contributed by atoms with van der Waals surface area (Å²) < 4.78 is 1.09. The molecule has 0 unspecified atom stereocenters. The summed E-state index contributed by atoms with van der Waals surface area (Å²) in [6, 6.07) is 15.3. The van der Waals surface area contributed by atoms with E-state index in [1.54, 1.807) is 6.20 Å². The minimum Gasteiger partial charge on any atom is -0.382 e. The van der Waals surface area contributed by atoms with Gasteiger partial charge in [-0.05, 0) is 77.9 Å². The Labute approximate surface area is 216 Å². The van der Waals surface area contributed by atoms with Crippen molar-refractivity contribution < 1.29 is 4.79 Å². The molecular weight excluding hydrogens is 555 g/mol. The van der Waals surface area contributed by atoms with Crippen LogP contribution in [0.25, 0.3) is 22.8 Å². The molecule has 0 aliphatic carbocycles. The Morgan fingerprint density at radius 2 is 2.03 bits per heavy atom. The minimum atomic E-state index is -0.116. The van der Waals surface area contributed by atoms with Crippen molar-refractivity contribution >= 4 is 34.3 Å². The minimum absolute atomic E-state index is 0.116. The molecule has 0 spiro atoms. The smallest absolute Gasteiger partial charge is 0.251 e. The Hall–Kier alpha value is -3.38. The largest absolute Gasteiger partial charge is 0.382 e. The number of nitrogens with zero attached hydrogens (tertiary/aromatic N) is 4. The molecule has 4 aromatic rings. The van der Waals surface area contributed by atoms with Crippen LogP contribution in [0.1, 0.15) is 40.5 Å². The van der Waals surface area contributed by atoms with Gasteiger partial charge in [0, 0.05) is 33.7 Å². The van der Waals surface area contributed by atoms with Crippen molar-refractivity contribution in [2.75, 3.05) is 18.8 Å². The lowest BCUT2D eigenvalue weighted by molar-refractivity contribution is 0.0951. The van der Waals surface area contributed by atoms with E-state index in [2.05, 4.69) is 53.4 Å². The Bertz CT molecular complexity index is 1330. The van der Waals surface area contributed by atoms with Crippen LogP contribution < -0.4 is 16.4 Å². The average molecular weight is 580 g/mol. The number of anilines is 1. The highest BCUT2D eigenvalue weighted by Gasteiger charge is 2.21. The maximum absolute atomic E-state index is 12.5. The second kappa shape index (κ2) is 10.5. The van der Waals surface area contributed by atoms with E-state index in [0.717, 1.165) is 46.5 Å². The molecule has 10 heteroatoms. The van der Waals surface area contributed by atoms with Crippen LogP contribution >= 0.6 is 22.6 Å². The van der Waals surface area contributed by atoms with Crippen LogP contribution in [0.5, 0.6) is 0 Å². The lowest BCUT2D eigenvalue weighted by atomic mass is 9.99. The molecule has 1 atom stereocenters. The first kappa shape index (κ1) is 23.4. The maximum atomic E-state index is 12.5. The molecule has 5 rings (SSSR count). The number of nitrogen functional groups attached to an aromatic ring is 1. The molecule has 35 heavy (non-hydrogen) atoms. The average Bonchev–Trinajstić information content (AvgIpc) is 3.39. The van der Waals surface area contributed by atoms with Crippen LogP contribution in [-0.2, 0) is 6.54 Å². The third-order valence-electron chi connectivity index (χ3n) is 5.98. The number of H-pyrrole nitrogens is 1. The summed E-state index contributed by atoms with van der Waals surface area (Å²) in [5.41, 5.74) is 9.69. The van der Waals surface area contributed by atoms with Gasteiger partial charge in [-0.15, -0.1) is 0 Å². The summed E-state index contributed by atoms with van der Waals surface area (Å²) in [4.78, 5) is 26.2. The van der Waals surface area contributed by atoms with E-state index < -0.39 is 0 Å². The Morgan fingerprint density at radius 1 is 1.17 bits per heavy atom. The van der Waals surface area contributed by atoms with Crippen LogP contribution in [0.4, 0.5) is 5.82 Å². The summed E-state index contributed by atoms with van der Waals surface area (Å²) in [6.45, 7) is 2.31.